The van der Waals surface area contributed by atoms with E-state index in [2.05, 4.69) is 26.0 Å². The van der Waals surface area contributed by atoms with Crippen LogP contribution in [0, 0.1) is 6.92 Å². The van der Waals surface area contributed by atoms with Crippen molar-refractivity contribution in [3.8, 4) is 9.88 Å². The van der Waals surface area contributed by atoms with Crippen LogP contribution < -0.4 is 16.4 Å². The lowest BCUT2D eigenvalue weighted by Gasteiger charge is -2.07. The zero-order valence-electron chi connectivity index (χ0n) is 14.5. The fourth-order valence-electron chi connectivity index (χ4n) is 2.63. The molecule has 0 aliphatic heterocycles. The number of thiophene rings is 1. The number of aryl methyl sites for hydroxylation is 1. The van der Waals surface area contributed by atoms with Crippen LogP contribution in [0.2, 0.25) is 0 Å². The van der Waals surface area contributed by atoms with Crippen molar-refractivity contribution >= 4 is 45.3 Å². The summed E-state index contributed by atoms with van der Waals surface area (Å²) in [5.74, 6) is -1.11. The average molecular weight is 411 g/mol. The van der Waals surface area contributed by atoms with Gasteiger partial charge < -0.3 is 0 Å². The number of hydrogen-bond donors (Lipinski definition) is 3. The van der Waals surface area contributed by atoms with Gasteiger partial charge in [0.1, 0.15) is 9.88 Å². The molecule has 3 heterocycles. The highest BCUT2D eigenvalue weighted by Crippen LogP contribution is 2.30. The van der Waals surface area contributed by atoms with Crippen molar-refractivity contribution in [1.29, 1.82) is 0 Å². The first-order chi connectivity index (χ1) is 13.5. The number of hydrazine groups is 1. The molecule has 3 N–H and O–H groups in total. The Hall–Kier alpha value is -3.37. The molecule has 4 rings (SSSR count). The van der Waals surface area contributed by atoms with E-state index in [-0.39, 0.29) is 5.69 Å². The standard InChI is InChI=1S/C18H13N5O3S2/c1-9-14(28-18(19-9)12-7-4-8-27-12)17(26)23-22-16(25)13-10-5-2-3-6-11(10)15(24)21-20-13/h2-8H,1H3,(H,21,24)(H,22,25)(H,23,26). The highest BCUT2D eigenvalue weighted by atomic mass is 32.1. The lowest BCUT2D eigenvalue weighted by Crippen LogP contribution is -2.42. The van der Waals surface area contributed by atoms with E-state index < -0.39 is 17.4 Å². The number of benzene rings is 1. The molecule has 1 aromatic carbocycles. The minimum atomic E-state index is -0.638. The second-order valence-electron chi connectivity index (χ2n) is 5.77. The zero-order chi connectivity index (χ0) is 19.7. The van der Waals surface area contributed by atoms with E-state index in [1.807, 2.05) is 17.5 Å². The van der Waals surface area contributed by atoms with E-state index in [1.165, 1.54) is 22.7 Å². The van der Waals surface area contributed by atoms with Gasteiger partial charge in [0.2, 0.25) is 0 Å². The molecule has 0 atom stereocenters. The zero-order valence-corrected chi connectivity index (χ0v) is 16.1. The van der Waals surface area contributed by atoms with Crippen molar-refractivity contribution in [3.05, 3.63) is 68.4 Å². The van der Waals surface area contributed by atoms with Crippen LogP contribution in [-0.2, 0) is 0 Å². The Morgan fingerprint density at radius 3 is 2.54 bits per heavy atom. The van der Waals surface area contributed by atoms with Gasteiger partial charge in [-0.15, -0.1) is 22.7 Å². The maximum absolute atomic E-state index is 12.5. The van der Waals surface area contributed by atoms with Gasteiger partial charge in [-0.1, -0.05) is 24.3 Å². The van der Waals surface area contributed by atoms with Gasteiger partial charge in [-0.05, 0) is 24.4 Å². The number of carbonyl (C=O) groups excluding carboxylic acids is 2. The molecule has 2 amide bonds. The molecule has 0 bridgehead atoms. The molecule has 28 heavy (non-hydrogen) atoms. The maximum Gasteiger partial charge on any atom is 0.290 e. The van der Waals surface area contributed by atoms with Gasteiger partial charge in [0.15, 0.2) is 5.69 Å². The Balaban J connectivity index is 1.52. The largest absolute Gasteiger partial charge is 0.290 e. The minimum absolute atomic E-state index is 0.0100. The molecule has 0 aliphatic carbocycles. The van der Waals surface area contributed by atoms with E-state index in [0.29, 0.717) is 21.3 Å². The van der Waals surface area contributed by atoms with Gasteiger partial charge in [-0.25, -0.2) is 10.1 Å². The lowest BCUT2D eigenvalue weighted by atomic mass is 10.1. The van der Waals surface area contributed by atoms with Crippen molar-refractivity contribution in [2.24, 2.45) is 0 Å². The number of nitrogens with one attached hydrogen (secondary N) is 3. The summed E-state index contributed by atoms with van der Waals surface area (Å²) in [4.78, 5) is 42.5. The Kier molecular flexibility index (Phi) is 4.72. The third-order valence-electron chi connectivity index (χ3n) is 3.94. The van der Waals surface area contributed by atoms with Gasteiger partial charge in [0.05, 0.1) is 16.0 Å². The second-order valence-corrected chi connectivity index (χ2v) is 7.71. The molecule has 0 aliphatic rings. The van der Waals surface area contributed by atoms with Crippen molar-refractivity contribution in [1.82, 2.24) is 26.0 Å². The number of nitrogens with zero attached hydrogens (tertiary/aromatic N) is 2. The number of thiazole rings is 1. The smallest absolute Gasteiger partial charge is 0.267 e. The van der Waals surface area contributed by atoms with Crippen molar-refractivity contribution < 1.29 is 9.59 Å². The number of rotatable bonds is 3. The number of hydrogen-bond acceptors (Lipinski definition) is 7. The average Bonchev–Trinajstić information content (AvgIpc) is 3.36. The fourth-order valence-corrected chi connectivity index (χ4v) is 4.39. The van der Waals surface area contributed by atoms with Crippen LogP contribution in [0.3, 0.4) is 0 Å². The van der Waals surface area contributed by atoms with Crippen LogP contribution in [0.25, 0.3) is 20.7 Å². The van der Waals surface area contributed by atoms with Crippen LogP contribution >= 0.6 is 22.7 Å². The normalized spacial score (nSPS) is 10.8. The number of aromatic amines is 1. The summed E-state index contributed by atoms with van der Waals surface area (Å²) in [7, 11) is 0. The fraction of sp³-hybridized carbons (Fsp3) is 0.0556. The first kappa shape index (κ1) is 18.0. The summed E-state index contributed by atoms with van der Waals surface area (Å²) in [6, 6.07) is 10.5. The first-order valence-corrected chi connectivity index (χ1v) is 9.83. The molecule has 8 nitrogen and oxygen atoms in total. The third kappa shape index (κ3) is 3.30. The molecule has 0 unspecified atom stereocenters. The van der Waals surface area contributed by atoms with E-state index >= 15 is 0 Å². The Morgan fingerprint density at radius 2 is 1.79 bits per heavy atom. The molecule has 0 saturated heterocycles. The predicted molar refractivity (Wildman–Crippen MR) is 107 cm³/mol. The molecule has 0 fully saturated rings. The van der Waals surface area contributed by atoms with Gasteiger partial charge in [-0.3, -0.25) is 25.2 Å². The van der Waals surface area contributed by atoms with E-state index in [4.69, 9.17) is 0 Å². The van der Waals surface area contributed by atoms with Crippen LogP contribution in [0.5, 0.6) is 0 Å². The van der Waals surface area contributed by atoms with Crippen molar-refractivity contribution in [3.63, 3.8) is 0 Å². The van der Waals surface area contributed by atoms with Crippen LogP contribution in [0.15, 0.2) is 46.6 Å². The highest BCUT2D eigenvalue weighted by Gasteiger charge is 2.19. The Bertz CT molecular complexity index is 1240. The molecule has 140 valence electrons. The quantitative estimate of drug-likeness (QED) is 0.448. The SMILES string of the molecule is Cc1nc(-c2cccs2)sc1C(=O)NNC(=O)c1n[nH]c(=O)c2ccccc12. The van der Waals surface area contributed by atoms with E-state index in [0.717, 1.165) is 9.88 Å². The third-order valence-corrected chi connectivity index (χ3v) is 6.13. The molecule has 3 aromatic heterocycles. The van der Waals surface area contributed by atoms with Gasteiger partial charge in [0.25, 0.3) is 17.4 Å². The topological polar surface area (TPSA) is 117 Å². The summed E-state index contributed by atoms with van der Waals surface area (Å²) in [5, 5.41) is 9.51. The van der Waals surface area contributed by atoms with E-state index in [1.54, 1.807) is 31.2 Å². The maximum atomic E-state index is 12.5. The van der Waals surface area contributed by atoms with Crippen molar-refractivity contribution in [2.75, 3.05) is 0 Å². The summed E-state index contributed by atoms with van der Waals surface area (Å²) in [5.41, 5.74) is 4.91. The molecular weight excluding hydrogens is 398 g/mol. The summed E-state index contributed by atoms with van der Waals surface area (Å²) >= 11 is 2.79. The number of H-pyrrole nitrogens is 1. The number of fused-ring (bicyclic) bond motifs is 1. The van der Waals surface area contributed by atoms with Crippen LogP contribution in [0.4, 0.5) is 0 Å². The second kappa shape index (κ2) is 7.33. The van der Waals surface area contributed by atoms with E-state index in [9.17, 15) is 14.4 Å². The van der Waals surface area contributed by atoms with Gasteiger partial charge >= 0.3 is 0 Å². The molecule has 10 heteroatoms. The monoisotopic (exact) mass is 411 g/mol. The molecular formula is C18H13N5O3S2. The van der Waals surface area contributed by atoms with Gasteiger partial charge in [-0.2, -0.15) is 5.10 Å². The Morgan fingerprint density at radius 1 is 1.04 bits per heavy atom. The summed E-state index contributed by atoms with van der Waals surface area (Å²) < 4.78 is 0. The highest BCUT2D eigenvalue weighted by molar-refractivity contribution is 7.22. The Labute approximate surface area is 166 Å². The molecule has 0 saturated carbocycles. The predicted octanol–water partition coefficient (Wildman–Crippen LogP) is 2.49. The molecule has 0 radical (unpaired) electrons. The van der Waals surface area contributed by atoms with Crippen LogP contribution in [-0.4, -0.2) is 27.0 Å². The molecule has 0 spiro atoms. The number of amides is 2. The number of aromatic nitrogens is 3. The first-order valence-electron chi connectivity index (χ1n) is 8.14. The van der Waals surface area contributed by atoms with Crippen LogP contribution in [0.1, 0.15) is 25.9 Å². The minimum Gasteiger partial charge on any atom is -0.267 e. The lowest BCUT2D eigenvalue weighted by molar-refractivity contribution is 0.0846. The molecule has 4 aromatic rings. The summed E-state index contributed by atoms with van der Waals surface area (Å²) in [6.07, 6.45) is 0. The van der Waals surface area contributed by atoms with Gasteiger partial charge in [0, 0.05) is 5.39 Å². The number of carbonyl (C=O) groups is 2. The summed E-state index contributed by atoms with van der Waals surface area (Å²) in [6.45, 7) is 1.74. The van der Waals surface area contributed by atoms with Crippen molar-refractivity contribution in [2.45, 2.75) is 6.92 Å².